The third-order valence-electron chi connectivity index (χ3n) is 3.42. The van der Waals surface area contributed by atoms with Crippen LogP contribution in [0.25, 0.3) is 10.8 Å². The maximum absolute atomic E-state index is 12.1. The number of carbonyl (C=O) groups excluding carboxylic acids is 1. The number of non-ortho nitro benzene ring substituents is 1. The van der Waals surface area contributed by atoms with Crippen LogP contribution in [0.4, 0.5) is 5.69 Å². The Balaban J connectivity index is 1.79. The molecule has 3 aromatic rings. The number of benzene rings is 1. The SMILES string of the molecule is O=C(NCCc1cccs1)c1cc2ccc([N+](=O)[O-])cc2c(=O)o1. The highest BCUT2D eigenvalue weighted by molar-refractivity contribution is 7.09. The van der Waals surface area contributed by atoms with Crippen LogP contribution < -0.4 is 10.9 Å². The summed E-state index contributed by atoms with van der Waals surface area (Å²) in [6, 6.07) is 9.15. The zero-order valence-corrected chi connectivity index (χ0v) is 13.2. The van der Waals surface area contributed by atoms with Gasteiger partial charge in [-0.15, -0.1) is 11.3 Å². The number of nitrogens with one attached hydrogen (secondary N) is 1. The lowest BCUT2D eigenvalue weighted by Gasteiger charge is -2.04. The van der Waals surface area contributed by atoms with E-state index in [2.05, 4.69) is 5.32 Å². The van der Waals surface area contributed by atoms with Crippen LogP contribution >= 0.6 is 11.3 Å². The third-order valence-corrected chi connectivity index (χ3v) is 4.35. The molecule has 0 spiro atoms. The van der Waals surface area contributed by atoms with Crippen LogP contribution in [0.15, 0.2) is 51.0 Å². The van der Waals surface area contributed by atoms with E-state index in [1.165, 1.54) is 18.2 Å². The topological polar surface area (TPSA) is 102 Å². The van der Waals surface area contributed by atoms with Gasteiger partial charge in [0.05, 0.1) is 10.3 Å². The second-order valence-electron chi connectivity index (χ2n) is 5.01. The van der Waals surface area contributed by atoms with Gasteiger partial charge < -0.3 is 9.73 Å². The van der Waals surface area contributed by atoms with Crippen LogP contribution in [-0.2, 0) is 6.42 Å². The lowest BCUT2D eigenvalue weighted by molar-refractivity contribution is -0.384. The van der Waals surface area contributed by atoms with Crippen molar-refractivity contribution in [2.75, 3.05) is 6.54 Å². The zero-order valence-electron chi connectivity index (χ0n) is 12.4. The third kappa shape index (κ3) is 3.33. The summed E-state index contributed by atoms with van der Waals surface area (Å²) in [6.07, 6.45) is 0.688. The van der Waals surface area contributed by atoms with Crippen LogP contribution in [0.2, 0.25) is 0 Å². The lowest BCUT2D eigenvalue weighted by atomic mass is 10.1. The van der Waals surface area contributed by atoms with Gasteiger partial charge in [0.25, 0.3) is 11.6 Å². The lowest BCUT2D eigenvalue weighted by Crippen LogP contribution is -2.26. The first-order chi connectivity index (χ1) is 11.5. The van der Waals surface area contributed by atoms with E-state index in [4.69, 9.17) is 4.42 Å². The molecule has 0 atom stereocenters. The molecular formula is C16H12N2O5S. The molecule has 122 valence electrons. The molecule has 0 fully saturated rings. The van der Waals surface area contributed by atoms with E-state index in [-0.39, 0.29) is 16.8 Å². The van der Waals surface area contributed by atoms with Crippen molar-refractivity contribution < 1.29 is 14.1 Å². The number of amides is 1. The number of rotatable bonds is 5. The van der Waals surface area contributed by atoms with Crippen molar-refractivity contribution >= 4 is 33.7 Å². The smallest absolute Gasteiger partial charge is 0.344 e. The molecule has 0 radical (unpaired) electrons. The van der Waals surface area contributed by atoms with Crippen LogP contribution in [0.1, 0.15) is 15.4 Å². The van der Waals surface area contributed by atoms with Gasteiger partial charge in [-0.1, -0.05) is 6.07 Å². The minimum Gasteiger partial charge on any atom is -0.417 e. The minimum absolute atomic E-state index is 0.0688. The number of thiophene rings is 1. The number of hydrogen-bond donors (Lipinski definition) is 1. The zero-order chi connectivity index (χ0) is 17.1. The van der Waals surface area contributed by atoms with E-state index < -0.39 is 16.5 Å². The number of carbonyl (C=O) groups is 1. The summed E-state index contributed by atoms with van der Waals surface area (Å²) in [7, 11) is 0. The minimum atomic E-state index is -0.778. The van der Waals surface area contributed by atoms with Crippen LogP contribution in [0, 0.1) is 10.1 Å². The molecule has 0 aliphatic heterocycles. The van der Waals surface area contributed by atoms with Crippen LogP contribution in [-0.4, -0.2) is 17.4 Å². The van der Waals surface area contributed by atoms with Gasteiger partial charge in [-0.3, -0.25) is 14.9 Å². The first-order valence-electron chi connectivity index (χ1n) is 7.07. The molecule has 1 N–H and O–H groups in total. The highest BCUT2D eigenvalue weighted by Gasteiger charge is 2.14. The summed E-state index contributed by atoms with van der Waals surface area (Å²) >= 11 is 1.60. The predicted octanol–water partition coefficient (Wildman–Crippen LogP) is 2.74. The van der Waals surface area contributed by atoms with E-state index in [1.54, 1.807) is 11.3 Å². The molecule has 2 heterocycles. The highest BCUT2D eigenvalue weighted by Crippen LogP contribution is 2.19. The van der Waals surface area contributed by atoms with Gasteiger partial charge in [-0.05, 0) is 35.4 Å². The first kappa shape index (κ1) is 15.9. The molecule has 0 unspecified atom stereocenters. The van der Waals surface area contributed by atoms with Crippen LogP contribution in [0.5, 0.6) is 0 Å². The van der Waals surface area contributed by atoms with Gasteiger partial charge in [0.15, 0.2) is 5.76 Å². The molecule has 2 aromatic heterocycles. The number of nitrogens with zero attached hydrogens (tertiary/aromatic N) is 1. The fourth-order valence-corrected chi connectivity index (χ4v) is 2.95. The fraction of sp³-hybridized carbons (Fsp3) is 0.125. The molecule has 0 bridgehead atoms. The molecule has 24 heavy (non-hydrogen) atoms. The van der Waals surface area contributed by atoms with Gasteiger partial charge in [0, 0.05) is 23.6 Å². The number of nitro groups is 1. The number of fused-ring (bicyclic) bond motifs is 1. The quantitative estimate of drug-likeness (QED) is 0.566. The second-order valence-corrected chi connectivity index (χ2v) is 6.04. The Morgan fingerprint density at radius 2 is 2.12 bits per heavy atom. The highest BCUT2D eigenvalue weighted by atomic mass is 32.1. The van der Waals surface area contributed by atoms with Crippen molar-refractivity contribution in [2.45, 2.75) is 6.42 Å². The molecule has 0 aliphatic carbocycles. The average molecular weight is 344 g/mol. The molecular weight excluding hydrogens is 332 g/mol. The summed E-state index contributed by atoms with van der Waals surface area (Å²) in [5.41, 5.74) is -0.984. The van der Waals surface area contributed by atoms with Crippen molar-refractivity contribution in [1.82, 2.24) is 5.32 Å². The molecule has 1 amide bonds. The number of hydrogen-bond acceptors (Lipinski definition) is 6. The van der Waals surface area contributed by atoms with Crippen LogP contribution in [0.3, 0.4) is 0 Å². The van der Waals surface area contributed by atoms with Gasteiger partial charge in [0.1, 0.15) is 0 Å². The Labute approximate surface area is 139 Å². The first-order valence-corrected chi connectivity index (χ1v) is 7.95. The standard InChI is InChI=1S/C16H12N2O5S/c19-15(17-6-5-12-2-1-7-24-12)14-8-10-3-4-11(18(21)22)9-13(10)16(20)23-14/h1-4,7-9H,5-6H2,(H,17,19). The predicted molar refractivity (Wildman–Crippen MR) is 89.5 cm³/mol. The Morgan fingerprint density at radius 3 is 2.83 bits per heavy atom. The summed E-state index contributed by atoms with van der Waals surface area (Å²) in [5.74, 6) is -0.614. The summed E-state index contributed by atoms with van der Waals surface area (Å²) in [6.45, 7) is 0.418. The molecule has 0 saturated carbocycles. The van der Waals surface area contributed by atoms with Gasteiger partial charge in [0.2, 0.25) is 0 Å². The second kappa shape index (κ2) is 6.63. The van der Waals surface area contributed by atoms with Crippen molar-refractivity contribution in [3.63, 3.8) is 0 Å². The van der Waals surface area contributed by atoms with Gasteiger partial charge >= 0.3 is 5.63 Å². The van der Waals surface area contributed by atoms with E-state index in [1.807, 2.05) is 17.5 Å². The Hall–Kier alpha value is -3.00. The fourth-order valence-electron chi connectivity index (χ4n) is 2.24. The summed E-state index contributed by atoms with van der Waals surface area (Å²) in [5, 5.41) is 15.9. The largest absolute Gasteiger partial charge is 0.417 e. The molecule has 7 nitrogen and oxygen atoms in total. The van der Waals surface area contributed by atoms with E-state index in [0.29, 0.717) is 18.4 Å². The van der Waals surface area contributed by atoms with Crippen molar-refractivity contribution in [3.05, 3.63) is 73.0 Å². The normalized spacial score (nSPS) is 10.7. The molecule has 0 aliphatic rings. The number of nitro benzene ring substituents is 1. The molecule has 8 heteroatoms. The Morgan fingerprint density at radius 1 is 1.29 bits per heavy atom. The summed E-state index contributed by atoms with van der Waals surface area (Å²) in [4.78, 5) is 35.4. The van der Waals surface area contributed by atoms with E-state index >= 15 is 0 Å². The van der Waals surface area contributed by atoms with E-state index in [9.17, 15) is 19.7 Å². The monoisotopic (exact) mass is 344 g/mol. The average Bonchev–Trinajstić information content (AvgIpc) is 3.07. The van der Waals surface area contributed by atoms with Crippen molar-refractivity contribution in [1.29, 1.82) is 0 Å². The maximum atomic E-state index is 12.1. The summed E-state index contributed by atoms with van der Waals surface area (Å²) < 4.78 is 4.99. The molecule has 0 saturated heterocycles. The van der Waals surface area contributed by atoms with E-state index in [0.717, 1.165) is 10.9 Å². The Bertz CT molecular complexity index is 962. The Kier molecular flexibility index (Phi) is 4.39. The van der Waals surface area contributed by atoms with Crippen molar-refractivity contribution in [2.24, 2.45) is 0 Å². The molecule has 1 aromatic carbocycles. The van der Waals surface area contributed by atoms with Crippen molar-refractivity contribution in [3.8, 4) is 0 Å². The molecule has 3 rings (SSSR count). The van der Waals surface area contributed by atoms with Gasteiger partial charge in [-0.2, -0.15) is 0 Å². The van der Waals surface area contributed by atoms with Gasteiger partial charge in [-0.25, -0.2) is 4.79 Å². The maximum Gasteiger partial charge on any atom is 0.344 e.